The molecule has 1 amide bonds. The molecule has 0 unspecified atom stereocenters. The Morgan fingerprint density at radius 1 is 1.06 bits per heavy atom. The molecule has 5 nitrogen and oxygen atoms in total. The summed E-state index contributed by atoms with van der Waals surface area (Å²) >= 11 is 4.92. The molecule has 1 heterocycles. The van der Waals surface area contributed by atoms with E-state index in [2.05, 4.69) is 60.2 Å². The van der Waals surface area contributed by atoms with E-state index in [1.54, 1.807) is 6.92 Å². The van der Waals surface area contributed by atoms with Crippen molar-refractivity contribution < 1.29 is 19.1 Å². The van der Waals surface area contributed by atoms with Crippen LogP contribution in [0, 0.1) is 13.8 Å². The number of carbonyl (C=O) groups excluding carboxylic acids is 2. The van der Waals surface area contributed by atoms with Gasteiger partial charge >= 0.3 is 5.97 Å². The van der Waals surface area contributed by atoms with Crippen molar-refractivity contribution >= 4 is 44.1 Å². The van der Waals surface area contributed by atoms with Gasteiger partial charge in [0.15, 0.2) is 0 Å². The van der Waals surface area contributed by atoms with Crippen LogP contribution in [0.15, 0.2) is 46.3 Å². The summed E-state index contributed by atoms with van der Waals surface area (Å²) in [4.78, 5) is 25.5. The number of rotatable bonds is 9. The minimum Gasteiger partial charge on any atom is -0.492 e. The van der Waals surface area contributed by atoms with Crippen LogP contribution in [0.5, 0.6) is 5.75 Å². The van der Waals surface area contributed by atoms with Gasteiger partial charge in [0, 0.05) is 17.4 Å². The molecule has 0 spiro atoms. The van der Waals surface area contributed by atoms with E-state index in [9.17, 15) is 9.59 Å². The van der Waals surface area contributed by atoms with Gasteiger partial charge in [0.1, 0.15) is 16.3 Å². The van der Waals surface area contributed by atoms with Gasteiger partial charge in [0.25, 0.3) is 0 Å². The number of ether oxygens (including phenoxy) is 2. The lowest BCUT2D eigenvalue weighted by molar-refractivity contribution is -0.116. The highest BCUT2D eigenvalue weighted by molar-refractivity contribution is 9.10. The minimum absolute atomic E-state index is 0.0570. The third-order valence-electron chi connectivity index (χ3n) is 5.95. The fraction of sp³-hybridized carbons (Fsp3) is 0.379. The van der Waals surface area contributed by atoms with Crippen LogP contribution in [0.25, 0.3) is 11.1 Å². The Balaban J connectivity index is 1.64. The van der Waals surface area contributed by atoms with Crippen LogP contribution >= 0.6 is 27.3 Å². The van der Waals surface area contributed by atoms with Gasteiger partial charge in [-0.3, -0.25) is 4.79 Å². The maximum atomic E-state index is 12.8. The van der Waals surface area contributed by atoms with Crippen molar-refractivity contribution in [1.29, 1.82) is 0 Å². The number of benzene rings is 2. The standard InChI is InChI=1S/C29H34BrNO4S/c1-7-34-28(33)26-22(20-11-10-18(2)19(3)15-20)17-36-27(26)31-25(32)9-8-14-35-24-13-12-21(16-23(24)30)29(4,5)6/h10-13,15-17H,7-9,14H2,1-6H3,(H,31,32). The van der Waals surface area contributed by atoms with Gasteiger partial charge in [-0.1, -0.05) is 45.0 Å². The quantitative estimate of drug-likeness (QED) is 0.208. The molecule has 0 aliphatic heterocycles. The van der Waals surface area contributed by atoms with Crippen LogP contribution in [0.2, 0.25) is 0 Å². The number of hydrogen-bond donors (Lipinski definition) is 1. The summed E-state index contributed by atoms with van der Waals surface area (Å²) in [6.45, 7) is 13.0. The van der Waals surface area contributed by atoms with Crippen molar-refractivity contribution in [3.05, 3.63) is 68.5 Å². The second-order valence-electron chi connectivity index (χ2n) is 9.77. The molecule has 1 N–H and O–H groups in total. The Morgan fingerprint density at radius 3 is 2.44 bits per heavy atom. The molecule has 0 fully saturated rings. The molecule has 0 atom stereocenters. The number of esters is 1. The third kappa shape index (κ3) is 6.98. The highest BCUT2D eigenvalue weighted by Gasteiger charge is 2.23. The van der Waals surface area contributed by atoms with Crippen molar-refractivity contribution in [2.24, 2.45) is 0 Å². The predicted octanol–water partition coefficient (Wildman–Crippen LogP) is 8.07. The van der Waals surface area contributed by atoms with Gasteiger partial charge in [0.2, 0.25) is 5.91 Å². The van der Waals surface area contributed by atoms with Crippen molar-refractivity contribution in [2.75, 3.05) is 18.5 Å². The first-order valence-electron chi connectivity index (χ1n) is 12.1. The monoisotopic (exact) mass is 571 g/mol. The number of anilines is 1. The summed E-state index contributed by atoms with van der Waals surface area (Å²) in [6.07, 6.45) is 0.820. The number of carbonyl (C=O) groups is 2. The molecule has 0 radical (unpaired) electrons. The van der Waals surface area contributed by atoms with Gasteiger partial charge in [0.05, 0.1) is 17.7 Å². The molecular formula is C29H34BrNO4S. The van der Waals surface area contributed by atoms with Gasteiger partial charge in [-0.2, -0.15) is 0 Å². The lowest BCUT2D eigenvalue weighted by Gasteiger charge is -2.20. The van der Waals surface area contributed by atoms with E-state index in [0.29, 0.717) is 23.6 Å². The SMILES string of the molecule is CCOC(=O)c1c(-c2ccc(C)c(C)c2)csc1NC(=O)CCCOc1ccc(C(C)(C)C)cc1Br. The number of halogens is 1. The molecule has 192 valence electrons. The highest BCUT2D eigenvalue weighted by Crippen LogP contribution is 2.37. The molecule has 3 rings (SSSR count). The zero-order valence-corrected chi connectivity index (χ0v) is 24.2. The Labute approximate surface area is 226 Å². The van der Waals surface area contributed by atoms with Gasteiger partial charge in [-0.25, -0.2) is 4.79 Å². The van der Waals surface area contributed by atoms with Crippen LogP contribution in [-0.2, 0) is 14.9 Å². The number of hydrogen-bond acceptors (Lipinski definition) is 5. The summed E-state index contributed by atoms with van der Waals surface area (Å²) in [5.41, 5.74) is 5.69. The Kier molecular flexibility index (Phi) is 9.36. The highest BCUT2D eigenvalue weighted by atomic mass is 79.9. The van der Waals surface area contributed by atoms with Crippen molar-refractivity contribution in [2.45, 2.75) is 59.8 Å². The van der Waals surface area contributed by atoms with Crippen molar-refractivity contribution in [1.82, 2.24) is 0 Å². The van der Waals surface area contributed by atoms with Crippen molar-refractivity contribution in [3.8, 4) is 16.9 Å². The minimum atomic E-state index is -0.436. The Morgan fingerprint density at radius 2 is 1.81 bits per heavy atom. The van der Waals surface area contributed by atoms with E-state index >= 15 is 0 Å². The first kappa shape index (κ1) is 27.9. The largest absolute Gasteiger partial charge is 0.492 e. The normalized spacial score (nSPS) is 11.3. The maximum Gasteiger partial charge on any atom is 0.341 e. The third-order valence-corrected chi connectivity index (χ3v) is 7.46. The number of nitrogens with one attached hydrogen (secondary N) is 1. The summed E-state index contributed by atoms with van der Waals surface area (Å²) in [5.74, 6) is 0.151. The fourth-order valence-corrected chi connectivity index (χ4v) is 5.13. The number of aryl methyl sites for hydroxylation is 2. The molecule has 0 bridgehead atoms. The topological polar surface area (TPSA) is 64.6 Å². The molecule has 36 heavy (non-hydrogen) atoms. The summed E-state index contributed by atoms with van der Waals surface area (Å²) in [5, 5.41) is 5.32. The lowest BCUT2D eigenvalue weighted by atomic mass is 9.87. The Bertz CT molecular complexity index is 1240. The van der Waals surface area contributed by atoms with Gasteiger partial charge in [-0.15, -0.1) is 11.3 Å². The average molecular weight is 573 g/mol. The Hall–Kier alpha value is -2.64. The second kappa shape index (κ2) is 12.1. The van der Waals surface area contributed by atoms with E-state index in [4.69, 9.17) is 9.47 Å². The molecular weight excluding hydrogens is 538 g/mol. The van der Waals surface area contributed by atoms with Crippen LogP contribution in [0.1, 0.15) is 67.6 Å². The maximum absolute atomic E-state index is 12.8. The van der Waals surface area contributed by atoms with Crippen LogP contribution in [0.3, 0.4) is 0 Å². The van der Waals surface area contributed by atoms with Crippen molar-refractivity contribution in [3.63, 3.8) is 0 Å². The number of thiophene rings is 1. The van der Waals surface area contributed by atoms with E-state index in [-0.39, 0.29) is 24.3 Å². The summed E-state index contributed by atoms with van der Waals surface area (Å²) in [6, 6.07) is 12.2. The predicted molar refractivity (Wildman–Crippen MR) is 151 cm³/mol. The van der Waals surface area contributed by atoms with E-state index in [0.717, 1.165) is 26.9 Å². The lowest BCUT2D eigenvalue weighted by Crippen LogP contribution is -2.15. The second-order valence-corrected chi connectivity index (χ2v) is 11.5. The average Bonchev–Trinajstić information content (AvgIpc) is 3.22. The first-order chi connectivity index (χ1) is 17.0. The summed E-state index contributed by atoms with van der Waals surface area (Å²) in [7, 11) is 0. The number of amides is 1. The van der Waals surface area contributed by atoms with Gasteiger partial charge in [-0.05, 0) is 82.9 Å². The van der Waals surface area contributed by atoms with E-state index in [1.807, 2.05) is 37.4 Å². The van der Waals surface area contributed by atoms with Gasteiger partial charge < -0.3 is 14.8 Å². The van der Waals surface area contributed by atoms with Crippen LogP contribution < -0.4 is 10.1 Å². The van der Waals surface area contributed by atoms with E-state index < -0.39 is 5.97 Å². The van der Waals surface area contributed by atoms with Crippen LogP contribution in [-0.4, -0.2) is 25.1 Å². The molecule has 2 aromatic carbocycles. The molecule has 0 saturated heterocycles. The molecule has 3 aromatic rings. The smallest absolute Gasteiger partial charge is 0.341 e. The molecule has 0 aliphatic carbocycles. The molecule has 7 heteroatoms. The molecule has 0 saturated carbocycles. The zero-order valence-electron chi connectivity index (χ0n) is 21.8. The first-order valence-corrected chi connectivity index (χ1v) is 13.8. The summed E-state index contributed by atoms with van der Waals surface area (Å²) < 4.78 is 12.1. The zero-order chi connectivity index (χ0) is 26.5. The molecule has 1 aromatic heterocycles. The molecule has 0 aliphatic rings. The van der Waals surface area contributed by atoms with E-state index in [1.165, 1.54) is 22.5 Å². The van der Waals surface area contributed by atoms with Crippen LogP contribution in [0.4, 0.5) is 5.00 Å². The fourth-order valence-electron chi connectivity index (χ4n) is 3.67.